The SMILES string of the molecule is CC.Cn1c(=O)n(Cc2ccccc2)c2c(N3CCNCC3)ncnc21.[HH]. The zero-order valence-corrected chi connectivity index (χ0v) is 15.6. The smallest absolute Gasteiger partial charge is 0.330 e. The number of fused-ring (bicyclic) bond motifs is 1. The van der Waals surface area contributed by atoms with E-state index in [0.29, 0.717) is 12.2 Å². The first-order chi connectivity index (χ1) is 12.8. The summed E-state index contributed by atoms with van der Waals surface area (Å²) in [6.45, 7) is 8.10. The number of aromatic nitrogens is 4. The van der Waals surface area contributed by atoms with E-state index in [9.17, 15) is 4.79 Å². The first-order valence-corrected chi connectivity index (χ1v) is 9.15. The van der Waals surface area contributed by atoms with Crippen LogP contribution in [-0.2, 0) is 13.6 Å². The van der Waals surface area contributed by atoms with Gasteiger partial charge in [0.2, 0.25) is 0 Å². The van der Waals surface area contributed by atoms with E-state index in [4.69, 9.17) is 0 Å². The molecule has 1 saturated heterocycles. The number of nitrogens with one attached hydrogen (secondary N) is 1. The Morgan fingerprint density at radius 3 is 2.50 bits per heavy atom. The van der Waals surface area contributed by atoms with Gasteiger partial charge in [0.1, 0.15) is 11.8 Å². The van der Waals surface area contributed by atoms with Crippen molar-refractivity contribution in [1.82, 2.24) is 24.4 Å². The van der Waals surface area contributed by atoms with Crippen LogP contribution in [0.5, 0.6) is 0 Å². The number of hydrogen-bond acceptors (Lipinski definition) is 5. The van der Waals surface area contributed by atoms with Crippen LogP contribution < -0.4 is 15.9 Å². The molecule has 0 radical (unpaired) electrons. The second-order valence-corrected chi connectivity index (χ2v) is 6.02. The largest absolute Gasteiger partial charge is 0.352 e. The Labute approximate surface area is 154 Å². The molecule has 0 bridgehead atoms. The van der Waals surface area contributed by atoms with Gasteiger partial charge in [-0.2, -0.15) is 0 Å². The lowest BCUT2D eigenvalue weighted by molar-refractivity contribution is 0.585. The standard InChI is InChI=1S/C17H20N6O.C2H6.H2/c1-21-15-14(16(20-12-19-15)22-9-7-18-8-10-22)23(17(21)24)11-13-5-3-2-4-6-13;1-2;/h2-6,12,18H,7-11H2,1H3;1-2H3;1H. The van der Waals surface area contributed by atoms with E-state index in [2.05, 4.69) is 20.2 Å². The van der Waals surface area contributed by atoms with Gasteiger partial charge in [-0.25, -0.2) is 14.8 Å². The van der Waals surface area contributed by atoms with Gasteiger partial charge in [0.15, 0.2) is 11.5 Å². The average Bonchev–Trinajstić information content (AvgIpc) is 2.96. The van der Waals surface area contributed by atoms with Gasteiger partial charge in [0, 0.05) is 34.7 Å². The fraction of sp³-hybridized carbons (Fsp3) is 0.421. The molecular formula is C19H28N6O. The number of rotatable bonds is 3. The second-order valence-electron chi connectivity index (χ2n) is 6.02. The third-order valence-electron chi connectivity index (χ3n) is 4.49. The Morgan fingerprint density at radius 2 is 1.81 bits per heavy atom. The minimum atomic E-state index is -0.0641. The lowest BCUT2D eigenvalue weighted by Crippen LogP contribution is -2.44. The van der Waals surface area contributed by atoms with Gasteiger partial charge in [0.05, 0.1) is 6.54 Å². The fourth-order valence-electron chi connectivity index (χ4n) is 3.24. The summed E-state index contributed by atoms with van der Waals surface area (Å²) in [5.74, 6) is 0.843. The highest BCUT2D eigenvalue weighted by molar-refractivity contribution is 5.84. The topological polar surface area (TPSA) is 68.0 Å². The van der Waals surface area contributed by atoms with Crippen molar-refractivity contribution in [1.29, 1.82) is 0 Å². The molecule has 3 heterocycles. The highest BCUT2D eigenvalue weighted by Gasteiger charge is 2.21. The lowest BCUT2D eigenvalue weighted by Gasteiger charge is -2.28. The van der Waals surface area contributed by atoms with Crippen molar-refractivity contribution in [2.75, 3.05) is 31.1 Å². The van der Waals surface area contributed by atoms with Crippen LogP contribution >= 0.6 is 0 Å². The molecule has 0 spiro atoms. The zero-order valence-electron chi connectivity index (χ0n) is 15.6. The van der Waals surface area contributed by atoms with Gasteiger partial charge in [0.25, 0.3) is 0 Å². The molecule has 1 aliphatic rings. The predicted octanol–water partition coefficient (Wildman–Crippen LogP) is 1.86. The Balaban J connectivity index is 0.000000844. The number of imidazole rings is 1. The number of benzene rings is 1. The molecule has 1 aliphatic heterocycles. The first kappa shape index (κ1) is 18.1. The summed E-state index contributed by atoms with van der Waals surface area (Å²) in [7, 11) is 1.76. The fourth-order valence-corrected chi connectivity index (χ4v) is 3.24. The molecule has 2 aromatic heterocycles. The average molecular weight is 356 g/mol. The maximum Gasteiger partial charge on any atom is 0.330 e. The number of hydrogen-bond donors (Lipinski definition) is 1. The minimum absolute atomic E-state index is 0. The summed E-state index contributed by atoms with van der Waals surface area (Å²) in [6, 6.07) is 10.0. The van der Waals surface area contributed by atoms with Crippen LogP contribution in [0.4, 0.5) is 5.82 Å². The molecule has 0 unspecified atom stereocenters. The van der Waals surface area contributed by atoms with Crippen molar-refractivity contribution in [3.8, 4) is 0 Å². The highest BCUT2D eigenvalue weighted by Crippen LogP contribution is 2.23. The third-order valence-corrected chi connectivity index (χ3v) is 4.49. The molecule has 0 aliphatic carbocycles. The van der Waals surface area contributed by atoms with Gasteiger partial charge in [-0.15, -0.1) is 0 Å². The molecule has 26 heavy (non-hydrogen) atoms. The Bertz CT molecular complexity index is 915. The summed E-state index contributed by atoms with van der Waals surface area (Å²) < 4.78 is 3.38. The highest BCUT2D eigenvalue weighted by atomic mass is 16.1. The maximum absolute atomic E-state index is 12.8. The van der Waals surface area contributed by atoms with E-state index >= 15 is 0 Å². The molecule has 1 N–H and O–H groups in total. The minimum Gasteiger partial charge on any atom is -0.352 e. The van der Waals surface area contributed by atoms with Crippen LogP contribution in [0.2, 0.25) is 0 Å². The van der Waals surface area contributed by atoms with Crippen LogP contribution in [0, 0.1) is 0 Å². The van der Waals surface area contributed by atoms with Crippen molar-refractivity contribution in [3.63, 3.8) is 0 Å². The summed E-state index contributed by atoms with van der Waals surface area (Å²) in [5, 5.41) is 3.34. The van der Waals surface area contributed by atoms with Crippen molar-refractivity contribution in [2.45, 2.75) is 20.4 Å². The van der Waals surface area contributed by atoms with Crippen LogP contribution in [0.25, 0.3) is 11.2 Å². The summed E-state index contributed by atoms with van der Waals surface area (Å²) in [6.07, 6.45) is 1.55. The molecule has 7 heteroatoms. The molecule has 0 saturated carbocycles. The monoisotopic (exact) mass is 356 g/mol. The van der Waals surface area contributed by atoms with Gasteiger partial charge < -0.3 is 10.2 Å². The van der Waals surface area contributed by atoms with Crippen molar-refractivity contribution >= 4 is 17.0 Å². The normalized spacial score (nSPS) is 14.2. The van der Waals surface area contributed by atoms with E-state index in [-0.39, 0.29) is 7.12 Å². The Hall–Kier alpha value is -2.67. The Kier molecular flexibility index (Phi) is 5.68. The molecule has 0 amide bonds. The molecule has 3 aromatic rings. The number of nitrogens with zero attached hydrogens (tertiary/aromatic N) is 5. The molecule has 4 rings (SSSR count). The van der Waals surface area contributed by atoms with E-state index in [1.54, 1.807) is 22.5 Å². The van der Waals surface area contributed by atoms with E-state index in [0.717, 1.165) is 43.1 Å². The molecule has 0 atom stereocenters. The van der Waals surface area contributed by atoms with Gasteiger partial charge >= 0.3 is 5.69 Å². The lowest BCUT2D eigenvalue weighted by atomic mass is 10.2. The van der Waals surface area contributed by atoms with Crippen LogP contribution in [0.15, 0.2) is 41.5 Å². The maximum atomic E-state index is 12.8. The van der Waals surface area contributed by atoms with Gasteiger partial charge in [-0.1, -0.05) is 44.2 Å². The molecule has 140 valence electrons. The van der Waals surface area contributed by atoms with Crippen LogP contribution in [0.3, 0.4) is 0 Å². The van der Waals surface area contributed by atoms with Crippen LogP contribution in [-0.4, -0.2) is 45.3 Å². The Morgan fingerprint density at radius 1 is 1.12 bits per heavy atom. The predicted molar refractivity (Wildman–Crippen MR) is 107 cm³/mol. The van der Waals surface area contributed by atoms with Crippen molar-refractivity contribution < 1.29 is 1.43 Å². The van der Waals surface area contributed by atoms with Crippen molar-refractivity contribution in [2.24, 2.45) is 7.05 Å². The molecular weight excluding hydrogens is 328 g/mol. The number of piperazine rings is 1. The number of aryl methyl sites for hydroxylation is 1. The second kappa shape index (κ2) is 8.14. The van der Waals surface area contributed by atoms with E-state index in [1.165, 1.54) is 0 Å². The summed E-state index contributed by atoms with van der Waals surface area (Å²) in [4.78, 5) is 23.8. The molecule has 7 nitrogen and oxygen atoms in total. The summed E-state index contributed by atoms with van der Waals surface area (Å²) in [5.41, 5.74) is 2.52. The third kappa shape index (κ3) is 3.35. The van der Waals surface area contributed by atoms with Gasteiger partial charge in [-0.3, -0.25) is 9.13 Å². The van der Waals surface area contributed by atoms with Crippen molar-refractivity contribution in [3.05, 3.63) is 52.7 Å². The van der Waals surface area contributed by atoms with E-state index in [1.807, 2.05) is 44.2 Å². The number of anilines is 1. The van der Waals surface area contributed by atoms with Gasteiger partial charge in [-0.05, 0) is 5.56 Å². The summed E-state index contributed by atoms with van der Waals surface area (Å²) >= 11 is 0. The van der Waals surface area contributed by atoms with Crippen LogP contribution in [0.1, 0.15) is 20.8 Å². The quantitative estimate of drug-likeness (QED) is 0.776. The molecule has 1 fully saturated rings. The van der Waals surface area contributed by atoms with E-state index < -0.39 is 0 Å². The first-order valence-electron chi connectivity index (χ1n) is 9.15. The zero-order chi connectivity index (χ0) is 18.5. The molecule has 1 aromatic carbocycles.